The number of ether oxygens (including phenoxy) is 1. The molecule has 11 heavy (non-hydrogen) atoms. The number of nitrogens with one attached hydrogen (secondary N) is 1. The fraction of sp³-hybridized carbons (Fsp3) is 0.714. The molecule has 0 aliphatic carbocycles. The van der Waals surface area contributed by atoms with Crippen LogP contribution >= 0.6 is 0 Å². The van der Waals surface area contributed by atoms with Gasteiger partial charge in [-0.3, -0.25) is 9.59 Å². The van der Waals surface area contributed by atoms with Crippen LogP contribution in [0, 0.1) is 0 Å². The standard InChI is InChI=1S/C7H13NO3/c1-5(2)8-6(9)4-7(10)11-3/h5H,4H2,1-3H3,(H,8,9). The third-order valence-electron chi connectivity index (χ3n) is 0.982. The molecule has 4 nitrogen and oxygen atoms in total. The average molecular weight is 159 g/mol. The predicted octanol–water partition coefficient (Wildman–Crippen LogP) is 0.0741. The van der Waals surface area contributed by atoms with Gasteiger partial charge in [0.1, 0.15) is 6.42 Å². The summed E-state index contributed by atoms with van der Waals surface area (Å²) in [6, 6.07) is 0.0622. The lowest BCUT2D eigenvalue weighted by molar-refractivity contribution is -0.143. The second-order valence-corrected chi connectivity index (χ2v) is 2.48. The number of hydrogen-bond donors (Lipinski definition) is 1. The van der Waals surface area contributed by atoms with Crippen molar-refractivity contribution in [1.29, 1.82) is 0 Å². The first-order chi connectivity index (χ1) is 5.06. The van der Waals surface area contributed by atoms with Gasteiger partial charge in [-0.25, -0.2) is 0 Å². The maximum absolute atomic E-state index is 10.8. The van der Waals surface area contributed by atoms with E-state index in [4.69, 9.17) is 0 Å². The summed E-state index contributed by atoms with van der Waals surface area (Å²) in [5.41, 5.74) is 0. The van der Waals surface area contributed by atoms with E-state index in [2.05, 4.69) is 10.1 Å². The fourth-order valence-electron chi connectivity index (χ4n) is 0.576. The van der Waals surface area contributed by atoms with E-state index in [0.29, 0.717) is 0 Å². The first-order valence-electron chi connectivity index (χ1n) is 3.42. The van der Waals surface area contributed by atoms with E-state index in [-0.39, 0.29) is 18.4 Å². The van der Waals surface area contributed by atoms with Gasteiger partial charge in [-0.1, -0.05) is 0 Å². The Morgan fingerprint density at radius 2 is 2.00 bits per heavy atom. The summed E-state index contributed by atoms with van der Waals surface area (Å²) in [5.74, 6) is -0.810. The number of hydrogen-bond acceptors (Lipinski definition) is 3. The van der Waals surface area contributed by atoms with Crippen molar-refractivity contribution in [2.45, 2.75) is 26.3 Å². The maximum atomic E-state index is 10.8. The quantitative estimate of drug-likeness (QED) is 0.468. The third kappa shape index (κ3) is 5.39. The van der Waals surface area contributed by atoms with Crippen LogP contribution in [-0.2, 0) is 14.3 Å². The molecule has 0 rings (SSSR count). The maximum Gasteiger partial charge on any atom is 0.315 e. The molecule has 0 aromatic rings. The lowest BCUT2D eigenvalue weighted by Gasteiger charge is -2.06. The molecule has 0 unspecified atom stereocenters. The fourth-order valence-corrected chi connectivity index (χ4v) is 0.576. The van der Waals surface area contributed by atoms with Gasteiger partial charge in [-0.2, -0.15) is 0 Å². The number of amides is 1. The molecule has 0 aromatic heterocycles. The minimum Gasteiger partial charge on any atom is -0.469 e. The summed E-state index contributed by atoms with van der Waals surface area (Å²) in [6.45, 7) is 3.66. The summed E-state index contributed by atoms with van der Waals surface area (Å²) in [6.07, 6.45) is -0.200. The SMILES string of the molecule is COC(=O)CC(=O)NC(C)C. The van der Waals surface area contributed by atoms with E-state index in [1.807, 2.05) is 13.8 Å². The summed E-state index contributed by atoms with van der Waals surface area (Å²) >= 11 is 0. The highest BCUT2D eigenvalue weighted by Crippen LogP contribution is 1.85. The Labute approximate surface area is 65.9 Å². The number of rotatable bonds is 3. The first kappa shape index (κ1) is 9.94. The number of carbonyl (C=O) groups excluding carboxylic acids is 2. The molecule has 0 spiro atoms. The molecule has 0 heterocycles. The topological polar surface area (TPSA) is 55.4 Å². The van der Waals surface area contributed by atoms with E-state index in [1.165, 1.54) is 7.11 Å². The molecule has 0 aliphatic heterocycles. The molecule has 4 heteroatoms. The molecular formula is C7H13NO3. The zero-order valence-corrected chi connectivity index (χ0v) is 7.01. The third-order valence-corrected chi connectivity index (χ3v) is 0.982. The monoisotopic (exact) mass is 159 g/mol. The van der Waals surface area contributed by atoms with E-state index < -0.39 is 5.97 Å². The summed E-state index contributed by atoms with van der Waals surface area (Å²) in [4.78, 5) is 21.3. The Hall–Kier alpha value is -1.06. The van der Waals surface area contributed by atoms with Crippen LogP contribution in [0.3, 0.4) is 0 Å². The molecule has 0 saturated carbocycles. The van der Waals surface area contributed by atoms with Crippen molar-refractivity contribution >= 4 is 11.9 Å². The lowest BCUT2D eigenvalue weighted by atomic mass is 10.3. The van der Waals surface area contributed by atoms with Crippen LogP contribution in [-0.4, -0.2) is 25.0 Å². The van der Waals surface area contributed by atoms with Gasteiger partial charge in [-0.05, 0) is 13.8 Å². The highest BCUT2D eigenvalue weighted by atomic mass is 16.5. The van der Waals surface area contributed by atoms with Gasteiger partial charge in [0, 0.05) is 6.04 Å². The average Bonchev–Trinajstić information content (AvgIpc) is 1.85. The second kappa shape index (κ2) is 4.71. The number of esters is 1. The van der Waals surface area contributed by atoms with E-state index in [9.17, 15) is 9.59 Å². The number of carbonyl (C=O) groups is 2. The molecule has 0 aliphatic rings. The van der Waals surface area contributed by atoms with Gasteiger partial charge in [0.15, 0.2) is 0 Å². The summed E-state index contributed by atoms with van der Waals surface area (Å²) in [5, 5.41) is 2.57. The Bertz CT molecular complexity index is 154. The predicted molar refractivity (Wildman–Crippen MR) is 39.9 cm³/mol. The zero-order chi connectivity index (χ0) is 8.85. The highest BCUT2D eigenvalue weighted by Gasteiger charge is 2.09. The second-order valence-electron chi connectivity index (χ2n) is 2.48. The summed E-state index contributed by atoms with van der Waals surface area (Å²) in [7, 11) is 1.25. The van der Waals surface area contributed by atoms with E-state index in [0.717, 1.165) is 0 Å². The molecule has 1 amide bonds. The van der Waals surface area contributed by atoms with Crippen LogP contribution in [0.25, 0.3) is 0 Å². The van der Waals surface area contributed by atoms with Crippen molar-refractivity contribution in [1.82, 2.24) is 5.32 Å². The van der Waals surface area contributed by atoms with Crippen molar-refractivity contribution in [3.63, 3.8) is 0 Å². The van der Waals surface area contributed by atoms with Gasteiger partial charge in [0.2, 0.25) is 5.91 Å². The molecule has 0 aromatic carbocycles. The van der Waals surface area contributed by atoms with Gasteiger partial charge in [-0.15, -0.1) is 0 Å². The van der Waals surface area contributed by atoms with Crippen molar-refractivity contribution in [2.24, 2.45) is 0 Å². The Morgan fingerprint density at radius 1 is 1.45 bits per heavy atom. The Morgan fingerprint density at radius 3 is 2.36 bits per heavy atom. The minimum atomic E-state index is -0.511. The molecule has 0 radical (unpaired) electrons. The Balaban J connectivity index is 3.61. The Kier molecular flexibility index (Phi) is 4.26. The van der Waals surface area contributed by atoms with Gasteiger partial charge >= 0.3 is 5.97 Å². The van der Waals surface area contributed by atoms with Crippen LogP contribution in [0.1, 0.15) is 20.3 Å². The van der Waals surface area contributed by atoms with E-state index in [1.54, 1.807) is 0 Å². The van der Waals surface area contributed by atoms with Crippen LogP contribution < -0.4 is 5.32 Å². The van der Waals surface area contributed by atoms with Crippen molar-refractivity contribution < 1.29 is 14.3 Å². The molecule has 1 N–H and O–H groups in total. The van der Waals surface area contributed by atoms with Crippen LogP contribution in [0.2, 0.25) is 0 Å². The van der Waals surface area contributed by atoms with E-state index >= 15 is 0 Å². The normalized spacial score (nSPS) is 9.45. The molecule has 0 bridgehead atoms. The van der Waals surface area contributed by atoms with Crippen LogP contribution in [0.15, 0.2) is 0 Å². The van der Waals surface area contributed by atoms with Crippen LogP contribution in [0.4, 0.5) is 0 Å². The summed E-state index contributed by atoms with van der Waals surface area (Å²) < 4.78 is 4.30. The van der Waals surface area contributed by atoms with Crippen LogP contribution in [0.5, 0.6) is 0 Å². The molecular weight excluding hydrogens is 146 g/mol. The van der Waals surface area contributed by atoms with Gasteiger partial charge in [0.05, 0.1) is 7.11 Å². The zero-order valence-electron chi connectivity index (χ0n) is 7.01. The van der Waals surface area contributed by atoms with Crippen molar-refractivity contribution in [3.05, 3.63) is 0 Å². The largest absolute Gasteiger partial charge is 0.469 e. The van der Waals surface area contributed by atoms with Crippen molar-refractivity contribution in [2.75, 3.05) is 7.11 Å². The molecule has 0 saturated heterocycles. The van der Waals surface area contributed by atoms with Gasteiger partial charge in [0.25, 0.3) is 0 Å². The molecule has 64 valence electrons. The smallest absolute Gasteiger partial charge is 0.315 e. The lowest BCUT2D eigenvalue weighted by Crippen LogP contribution is -2.31. The number of methoxy groups -OCH3 is 1. The van der Waals surface area contributed by atoms with Crippen molar-refractivity contribution in [3.8, 4) is 0 Å². The first-order valence-corrected chi connectivity index (χ1v) is 3.42. The minimum absolute atomic E-state index is 0.0622. The van der Waals surface area contributed by atoms with Gasteiger partial charge < -0.3 is 10.1 Å². The highest BCUT2D eigenvalue weighted by molar-refractivity contribution is 5.94. The molecule has 0 atom stereocenters. The molecule has 0 fully saturated rings.